The molecule has 6 rings (SSSR count). The summed E-state index contributed by atoms with van der Waals surface area (Å²) in [5.41, 5.74) is 4.07. The molecule has 0 N–H and O–H groups in total. The SMILES string of the molecule is O=C(OCC(=O)N1N=C2/C(=C\c3ccc(Cl)cc3)CCC[C@@H]2[C@@H]1c1ccc(Cl)cc1)[C@H]1C[C@@H]2C=C[C@@H]1C2. The average molecular weight is 535 g/mol. The minimum absolute atomic E-state index is 0.0591. The first-order valence-electron chi connectivity index (χ1n) is 12.9. The van der Waals surface area contributed by atoms with E-state index in [-0.39, 0.29) is 42.3 Å². The molecule has 1 amide bonds. The fraction of sp³-hybridized carbons (Fsp3) is 0.367. The molecule has 0 spiro atoms. The van der Waals surface area contributed by atoms with Crippen LogP contribution in [-0.2, 0) is 14.3 Å². The van der Waals surface area contributed by atoms with Gasteiger partial charge < -0.3 is 4.74 Å². The number of ether oxygens (including phenoxy) is 1. The maximum Gasteiger partial charge on any atom is 0.310 e. The first-order chi connectivity index (χ1) is 18.0. The van der Waals surface area contributed by atoms with Gasteiger partial charge in [-0.3, -0.25) is 9.59 Å². The maximum atomic E-state index is 13.5. The van der Waals surface area contributed by atoms with Crippen molar-refractivity contribution in [2.75, 3.05) is 6.61 Å². The molecule has 4 aliphatic rings. The van der Waals surface area contributed by atoms with Crippen LogP contribution < -0.4 is 0 Å². The zero-order valence-corrected chi connectivity index (χ0v) is 21.9. The van der Waals surface area contributed by atoms with Crippen LogP contribution in [0, 0.1) is 23.7 Å². The highest BCUT2D eigenvalue weighted by Gasteiger charge is 2.45. The van der Waals surface area contributed by atoms with Crippen molar-refractivity contribution in [2.24, 2.45) is 28.8 Å². The molecule has 7 heteroatoms. The van der Waals surface area contributed by atoms with E-state index in [0.29, 0.717) is 16.0 Å². The summed E-state index contributed by atoms with van der Waals surface area (Å²) >= 11 is 12.2. The molecule has 3 aliphatic carbocycles. The van der Waals surface area contributed by atoms with Crippen LogP contribution in [0.5, 0.6) is 0 Å². The summed E-state index contributed by atoms with van der Waals surface area (Å²) in [6.45, 7) is -0.305. The van der Waals surface area contributed by atoms with E-state index in [2.05, 4.69) is 18.2 Å². The van der Waals surface area contributed by atoms with Crippen molar-refractivity contribution in [2.45, 2.75) is 38.1 Å². The van der Waals surface area contributed by atoms with Gasteiger partial charge in [0, 0.05) is 16.0 Å². The van der Waals surface area contributed by atoms with Crippen molar-refractivity contribution in [1.29, 1.82) is 0 Å². The minimum atomic E-state index is -0.306. The molecule has 0 saturated heterocycles. The smallest absolute Gasteiger partial charge is 0.310 e. The number of halogens is 2. The third-order valence-corrected chi connectivity index (χ3v) is 8.60. The van der Waals surface area contributed by atoms with Gasteiger partial charge in [0.05, 0.1) is 17.7 Å². The fourth-order valence-electron chi connectivity index (χ4n) is 6.32. The Balaban J connectivity index is 1.26. The Labute approximate surface area is 226 Å². The van der Waals surface area contributed by atoms with E-state index >= 15 is 0 Å². The Bertz CT molecular complexity index is 1300. The van der Waals surface area contributed by atoms with Crippen molar-refractivity contribution in [3.05, 3.63) is 87.4 Å². The first-order valence-corrected chi connectivity index (χ1v) is 13.7. The van der Waals surface area contributed by atoms with E-state index in [1.807, 2.05) is 48.5 Å². The molecule has 2 saturated carbocycles. The maximum absolute atomic E-state index is 13.5. The van der Waals surface area contributed by atoms with Crippen LogP contribution in [-0.4, -0.2) is 29.2 Å². The van der Waals surface area contributed by atoms with Crippen molar-refractivity contribution < 1.29 is 14.3 Å². The van der Waals surface area contributed by atoms with Crippen LogP contribution in [0.15, 0.2) is 71.4 Å². The molecule has 37 heavy (non-hydrogen) atoms. The third kappa shape index (κ3) is 4.87. The lowest BCUT2D eigenvalue weighted by atomic mass is 9.77. The van der Waals surface area contributed by atoms with Gasteiger partial charge in [0.1, 0.15) is 0 Å². The fourth-order valence-corrected chi connectivity index (χ4v) is 6.57. The molecule has 190 valence electrons. The van der Waals surface area contributed by atoms with Gasteiger partial charge >= 0.3 is 5.97 Å². The van der Waals surface area contributed by atoms with Crippen LogP contribution in [0.3, 0.4) is 0 Å². The van der Waals surface area contributed by atoms with Gasteiger partial charge in [0.25, 0.3) is 5.91 Å². The summed E-state index contributed by atoms with van der Waals surface area (Å²) in [6, 6.07) is 15.0. The number of nitrogens with zero attached hydrogens (tertiary/aromatic N) is 2. The molecule has 0 radical (unpaired) electrons. The van der Waals surface area contributed by atoms with Gasteiger partial charge in [0.15, 0.2) is 6.61 Å². The molecule has 2 fully saturated rings. The number of rotatable bonds is 5. The van der Waals surface area contributed by atoms with Crippen LogP contribution in [0.4, 0.5) is 0 Å². The second-order valence-corrected chi connectivity index (χ2v) is 11.3. The van der Waals surface area contributed by atoms with Gasteiger partial charge in [-0.2, -0.15) is 5.10 Å². The Kier molecular flexibility index (Phi) is 6.68. The Morgan fingerprint density at radius 1 is 1.00 bits per heavy atom. The van der Waals surface area contributed by atoms with Crippen molar-refractivity contribution in [1.82, 2.24) is 5.01 Å². The molecule has 0 aromatic heterocycles. The zero-order chi connectivity index (χ0) is 25.5. The van der Waals surface area contributed by atoms with Crippen LogP contribution in [0.1, 0.15) is 49.3 Å². The van der Waals surface area contributed by atoms with Gasteiger partial charge in [-0.15, -0.1) is 0 Å². The Morgan fingerprint density at radius 2 is 1.73 bits per heavy atom. The van der Waals surface area contributed by atoms with Gasteiger partial charge in [-0.1, -0.05) is 59.6 Å². The van der Waals surface area contributed by atoms with Crippen LogP contribution in [0.2, 0.25) is 10.0 Å². The number of hydrogen-bond acceptors (Lipinski definition) is 4. The molecular formula is C30H28Cl2N2O3. The molecule has 2 aromatic carbocycles. The normalized spacial score (nSPS) is 28.9. The van der Waals surface area contributed by atoms with Crippen LogP contribution in [0.25, 0.3) is 6.08 Å². The quantitative estimate of drug-likeness (QED) is 0.310. The van der Waals surface area contributed by atoms with E-state index in [1.54, 1.807) is 0 Å². The van der Waals surface area contributed by atoms with Crippen molar-refractivity contribution in [3.63, 3.8) is 0 Å². The van der Waals surface area contributed by atoms with Gasteiger partial charge in [-0.05, 0) is 91.0 Å². The summed E-state index contributed by atoms with van der Waals surface area (Å²) < 4.78 is 5.56. The van der Waals surface area contributed by atoms with Crippen molar-refractivity contribution in [3.8, 4) is 0 Å². The predicted molar refractivity (Wildman–Crippen MR) is 145 cm³/mol. The average Bonchev–Trinajstić information content (AvgIpc) is 3.64. The standard InChI is InChI=1S/C30H28Cl2N2O3/c31-23-10-5-18(6-11-23)14-22-2-1-3-25-28(22)33-34(29(25)20-8-12-24(32)13-9-20)27(35)17-37-30(36)26-16-19-4-7-21(26)15-19/h4-14,19,21,25-26,29H,1-3,15-17H2/b22-14-/t19-,21-,25+,26+,29+/m1/s1. The Hall–Kier alpha value is -2.89. The predicted octanol–water partition coefficient (Wildman–Crippen LogP) is 6.87. The lowest BCUT2D eigenvalue weighted by molar-refractivity contribution is -0.157. The molecule has 2 aromatic rings. The number of esters is 1. The lowest BCUT2D eigenvalue weighted by Gasteiger charge is -2.29. The van der Waals surface area contributed by atoms with Crippen molar-refractivity contribution >= 4 is 46.9 Å². The largest absolute Gasteiger partial charge is 0.455 e. The highest BCUT2D eigenvalue weighted by molar-refractivity contribution is 6.30. The number of allylic oxidation sites excluding steroid dienone is 3. The second kappa shape index (κ2) is 10.1. The third-order valence-electron chi connectivity index (χ3n) is 8.10. The zero-order valence-electron chi connectivity index (χ0n) is 20.4. The topological polar surface area (TPSA) is 59.0 Å². The molecule has 1 aliphatic heterocycles. The molecule has 5 nitrogen and oxygen atoms in total. The monoisotopic (exact) mass is 534 g/mol. The minimum Gasteiger partial charge on any atom is -0.455 e. The van der Waals surface area contributed by atoms with E-state index in [4.69, 9.17) is 33.0 Å². The lowest BCUT2D eigenvalue weighted by Crippen LogP contribution is -2.35. The Morgan fingerprint density at radius 3 is 2.41 bits per heavy atom. The summed E-state index contributed by atoms with van der Waals surface area (Å²) in [5, 5.41) is 7.74. The van der Waals surface area contributed by atoms with E-state index in [9.17, 15) is 9.59 Å². The summed E-state index contributed by atoms with van der Waals surface area (Å²) in [7, 11) is 0. The molecular weight excluding hydrogens is 507 g/mol. The second-order valence-electron chi connectivity index (χ2n) is 10.4. The van der Waals surface area contributed by atoms with Crippen LogP contribution >= 0.6 is 23.2 Å². The van der Waals surface area contributed by atoms with E-state index in [1.165, 1.54) is 5.01 Å². The number of hydrogen-bond donors (Lipinski definition) is 0. The number of carbonyl (C=O) groups excluding carboxylic acids is 2. The molecule has 1 heterocycles. The highest BCUT2D eigenvalue weighted by Crippen LogP contribution is 2.45. The van der Waals surface area contributed by atoms with E-state index < -0.39 is 0 Å². The highest BCUT2D eigenvalue weighted by atomic mass is 35.5. The van der Waals surface area contributed by atoms with Gasteiger partial charge in [0.2, 0.25) is 0 Å². The van der Waals surface area contributed by atoms with Gasteiger partial charge in [-0.25, -0.2) is 5.01 Å². The molecule has 0 unspecified atom stereocenters. The summed E-state index contributed by atoms with van der Waals surface area (Å²) in [5.74, 6) is 0.0389. The molecule has 2 bridgehead atoms. The number of hydrazone groups is 1. The van der Waals surface area contributed by atoms with E-state index in [0.717, 1.165) is 54.5 Å². The number of carbonyl (C=O) groups is 2. The summed E-state index contributed by atoms with van der Waals surface area (Å²) in [4.78, 5) is 26.3. The number of amides is 1. The number of fused-ring (bicyclic) bond motifs is 3. The first kappa shape index (κ1) is 24.4. The number of benzene rings is 2. The molecule has 5 atom stereocenters. The summed E-state index contributed by atoms with van der Waals surface area (Å²) in [6.07, 6.45) is 11.1.